The average Bonchev–Trinajstić information content (AvgIpc) is 2.45. The molecule has 0 saturated heterocycles. The van der Waals surface area contributed by atoms with Crippen LogP contribution in [0.1, 0.15) is 22.9 Å². The third-order valence-electron chi connectivity index (χ3n) is 3.05. The largest absolute Gasteiger partial charge is 0.493 e. The van der Waals surface area contributed by atoms with E-state index in [1.54, 1.807) is 20.4 Å². The van der Waals surface area contributed by atoms with Gasteiger partial charge in [-0.15, -0.1) is 0 Å². The zero-order valence-electron chi connectivity index (χ0n) is 11.4. The van der Waals surface area contributed by atoms with Crippen LogP contribution in [0.15, 0.2) is 36.5 Å². The molecule has 2 N–H and O–H groups in total. The Hall–Kier alpha value is -2.07. The summed E-state index contributed by atoms with van der Waals surface area (Å²) in [5.41, 5.74) is 9.23. The molecular weight excluding hydrogens is 240 g/mol. The number of ether oxygens (including phenoxy) is 2. The lowest BCUT2D eigenvalue weighted by Crippen LogP contribution is -2.12. The number of rotatable bonds is 4. The van der Waals surface area contributed by atoms with Gasteiger partial charge in [0, 0.05) is 11.9 Å². The zero-order chi connectivity index (χ0) is 13.8. The van der Waals surface area contributed by atoms with E-state index in [2.05, 4.69) is 4.98 Å². The molecule has 0 spiro atoms. The van der Waals surface area contributed by atoms with Crippen LogP contribution in [-0.2, 0) is 0 Å². The molecular formula is C15H18N2O2. The monoisotopic (exact) mass is 258 g/mol. The molecule has 1 unspecified atom stereocenters. The first-order valence-electron chi connectivity index (χ1n) is 6.05. The van der Waals surface area contributed by atoms with Gasteiger partial charge in [0.1, 0.15) is 0 Å². The quantitative estimate of drug-likeness (QED) is 0.915. The van der Waals surface area contributed by atoms with Gasteiger partial charge in [0.15, 0.2) is 11.5 Å². The Bertz CT molecular complexity index is 570. The summed E-state index contributed by atoms with van der Waals surface area (Å²) < 4.78 is 10.5. The first-order chi connectivity index (χ1) is 9.15. The summed E-state index contributed by atoms with van der Waals surface area (Å²) in [5.74, 6) is 1.38. The molecule has 0 aliphatic heterocycles. The minimum atomic E-state index is -0.207. The van der Waals surface area contributed by atoms with Crippen molar-refractivity contribution in [1.29, 1.82) is 0 Å². The summed E-state index contributed by atoms with van der Waals surface area (Å²) in [5, 5.41) is 0. The Balaban J connectivity index is 2.36. The number of nitrogens with two attached hydrogens (primary N) is 1. The Morgan fingerprint density at radius 3 is 2.32 bits per heavy atom. The number of pyridine rings is 1. The topological polar surface area (TPSA) is 57.4 Å². The summed E-state index contributed by atoms with van der Waals surface area (Å²) in [4.78, 5) is 4.18. The minimum absolute atomic E-state index is 0.207. The van der Waals surface area contributed by atoms with Crippen molar-refractivity contribution in [2.24, 2.45) is 5.73 Å². The number of benzene rings is 1. The van der Waals surface area contributed by atoms with Crippen molar-refractivity contribution in [3.8, 4) is 11.5 Å². The lowest BCUT2D eigenvalue weighted by molar-refractivity contribution is 0.354. The van der Waals surface area contributed by atoms with E-state index in [4.69, 9.17) is 15.2 Å². The van der Waals surface area contributed by atoms with Gasteiger partial charge < -0.3 is 15.2 Å². The van der Waals surface area contributed by atoms with E-state index >= 15 is 0 Å². The van der Waals surface area contributed by atoms with Gasteiger partial charge in [-0.3, -0.25) is 4.98 Å². The van der Waals surface area contributed by atoms with E-state index in [0.29, 0.717) is 11.5 Å². The smallest absolute Gasteiger partial charge is 0.161 e. The summed E-state index contributed by atoms with van der Waals surface area (Å²) in [6.45, 7) is 1.95. The molecule has 0 aliphatic carbocycles. The van der Waals surface area contributed by atoms with Crippen LogP contribution in [0.3, 0.4) is 0 Å². The van der Waals surface area contributed by atoms with Crippen LogP contribution in [0, 0.1) is 6.92 Å². The summed E-state index contributed by atoms with van der Waals surface area (Å²) in [7, 11) is 3.23. The fraction of sp³-hybridized carbons (Fsp3) is 0.267. The summed E-state index contributed by atoms with van der Waals surface area (Å²) in [6, 6.07) is 9.42. The molecule has 4 nitrogen and oxygen atoms in total. The van der Waals surface area contributed by atoms with Gasteiger partial charge in [-0.05, 0) is 42.3 Å². The van der Waals surface area contributed by atoms with Crippen LogP contribution in [-0.4, -0.2) is 19.2 Å². The molecule has 1 aromatic heterocycles. The first-order valence-corrected chi connectivity index (χ1v) is 6.05. The third kappa shape index (κ3) is 2.85. The van der Waals surface area contributed by atoms with E-state index in [1.165, 1.54) is 0 Å². The van der Waals surface area contributed by atoms with Gasteiger partial charge in [0.25, 0.3) is 0 Å². The van der Waals surface area contributed by atoms with Gasteiger partial charge in [0.05, 0.1) is 20.3 Å². The van der Waals surface area contributed by atoms with Crippen molar-refractivity contribution < 1.29 is 9.47 Å². The lowest BCUT2D eigenvalue weighted by Gasteiger charge is -2.15. The third-order valence-corrected chi connectivity index (χ3v) is 3.05. The highest BCUT2D eigenvalue weighted by molar-refractivity contribution is 5.45. The highest BCUT2D eigenvalue weighted by atomic mass is 16.5. The van der Waals surface area contributed by atoms with E-state index in [9.17, 15) is 0 Å². The van der Waals surface area contributed by atoms with Crippen molar-refractivity contribution in [2.75, 3.05) is 14.2 Å². The second-order valence-electron chi connectivity index (χ2n) is 4.32. The van der Waals surface area contributed by atoms with Gasteiger partial charge in [-0.2, -0.15) is 0 Å². The number of methoxy groups -OCH3 is 2. The minimum Gasteiger partial charge on any atom is -0.493 e. The van der Waals surface area contributed by atoms with Gasteiger partial charge in [-0.1, -0.05) is 6.07 Å². The fourth-order valence-corrected chi connectivity index (χ4v) is 2.00. The predicted octanol–water partition coefficient (Wildman–Crippen LogP) is 2.46. The lowest BCUT2D eigenvalue weighted by atomic mass is 9.99. The number of hydrogen-bond acceptors (Lipinski definition) is 4. The summed E-state index contributed by atoms with van der Waals surface area (Å²) in [6.07, 6.45) is 1.77. The van der Waals surface area contributed by atoms with Crippen molar-refractivity contribution >= 4 is 0 Å². The maximum atomic E-state index is 6.28. The molecule has 0 radical (unpaired) electrons. The van der Waals surface area contributed by atoms with Crippen LogP contribution in [0.5, 0.6) is 11.5 Å². The predicted molar refractivity (Wildman–Crippen MR) is 74.6 cm³/mol. The molecule has 4 heteroatoms. The van der Waals surface area contributed by atoms with Gasteiger partial charge in [-0.25, -0.2) is 0 Å². The van der Waals surface area contributed by atoms with Crippen LogP contribution >= 0.6 is 0 Å². The van der Waals surface area contributed by atoms with Gasteiger partial charge in [0.2, 0.25) is 0 Å². The number of aromatic nitrogens is 1. The Morgan fingerprint density at radius 2 is 1.68 bits per heavy atom. The number of nitrogens with zero attached hydrogens (tertiary/aromatic N) is 1. The van der Waals surface area contributed by atoms with Gasteiger partial charge >= 0.3 is 0 Å². The zero-order valence-corrected chi connectivity index (χ0v) is 11.4. The molecule has 0 aliphatic rings. The first kappa shape index (κ1) is 13.4. The van der Waals surface area contributed by atoms with Crippen molar-refractivity contribution in [3.05, 3.63) is 53.3 Å². The standard InChI is InChI=1S/C15H18N2O2/c1-10-8-12(6-7-17-10)15(16)11-4-5-13(18-2)14(9-11)19-3/h4-9,15H,16H2,1-3H3. The molecule has 0 saturated carbocycles. The van der Waals surface area contributed by atoms with E-state index < -0.39 is 0 Å². The number of aryl methyl sites for hydroxylation is 1. The van der Waals surface area contributed by atoms with E-state index in [1.807, 2.05) is 37.3 Å². The maximum absolute atomic E-state index is 6.28. The molecule has 1 atom stereocenters. The van der Waals surface area contributed by atoms with E-state index in [-0.39, 0.29) is 6.04 Å². The average molecular weight is 258 g/mol. The van der Waals surface area contributed by atoms with Crippen LogP contribution in [0.4, 0.5) is 0 Å². The maximum Gasteiger partial charge on any atom is 0.161 e. The van der Waals surface area contributed by atoms with Crippen molar-refractivity contribution in [3.63, 3.8) is 0 Å². The Labute approximate surface area is 113 Å². The molecule has 2 rings (SSSR count). The highest BCUT2D eigenvalue weighted by Crippen LogP contribution is 2.31. The SMILES string of the molecule is COc1ccc(C(N)c2ccnc(C)c2)cc1OC. The normalized spacial score (nSPS) is 12.0. The molecule has 1 heterocycles. The second kappa shape index (κ2) is 5.71. The molecule has 2 aromatic rings. The molecule has 19 heavy (non-hydrogen) atoms. The highest BCUT2D eigenvalue weighted by Gasteiger charge is 2.12. The van der Waals surface area contributed by atoms with Crippen LogP contribution in [0.25, 0.3) is 0 Å². The Morgan fingerprint density at radius 1 is 1.00 bits per heavy atom. The molecule has 0 fully saturated rings. The molecule has 0 amide bonds. The number of hydrogen-bond donors (Lipinski definition) is 1. The van der Waals surface area contributed by atoms with Crippen molar-refractivity contribution in [1.82, 2.24) is 4.98 Å². The summed E-state index contributed by atoms with van der Waals surface area (Å²) >= 11 is 0. The molecule has 0 bridgehead atoms. The van der Waals surface area contributed by atoms with E-state index in [0.717, 1.165) is 16.8 Å². The second-order valence-corrected chi connectivity index (χ2v) is 4.32. The molecule has 1 aromatic carbocycles. The van der Waals surface area contributed by atoms with Crippen LogP contribution in [0.2, 0.25) is 0 Å². The Kier molecular flexibility index (Phi) is 4.02. The fourth-order valence-electron chi connectivity index (χ4n) is 2.00. The van der Waals surface area contributed by atoms with Crippen molar-refractivity contribution in [2.45, 2.75) is 13.0 Å². The molecule has 100 valence electrons. The van der Waals surface area contributed by atoms with Crippen LogP contribution < -0.4 is 15.2 Å².